The molecule has 4 fully saturated rings. The molecule has 0 amide bonds. The van der Waals surface area contributed by atoms with E-state index >= 15 is 0 Å². The monoisotopic (exact) mass is 712 g/mol. The molecule has 0 aliphatic heterocycles. The van der Waals surface area contributed by atoms with Gasteiger partial charge in [-0.2, -0.15) is 0 Å². The quantitative estimate of drug-likeness (QED) is 0.0920. The van der Waals surface area contributed by atoms with Gasteiger partial charge in [-0.25, -0.2) is 9.59 Å². The molecule has 6 rings (SSSR count). The number of anilines is 2. The molecule has 0 bridgehead atoms. The number of hydrogen-bond acceptors (Lipinski definition) is 7. The molecule has 284 valence electrons. The summed E-state index contributed by atoms with van der Waals surface area (Å²) < 4.78 is 17.1. The summed E-state index contributed by atoms with van der Waals surface area (Å²) in [5, 5.41) is 0. The Morgan fingerprint density at radius 1 is 0.846 bits per heavy atom. The third kappa shape index (κ3) is 8.50. The van der Waals surface area contributed by atoms with E-state index in [1.807, 2.05) is 24.3 Å². The van der Waals surface area contributed by atoms with Gasteiger partial charge in [-0.15, -0.1) is 0 Å². The Bertz CT molecular complexity index is 1550. The van der Waals surface area contributed by atoms with Gasteiger partial charge in [-0.05, 0) is 152 Å². The molecule has 0 spiro atoms. The molecule has 0 aromatic heterocycles. The average molecular weight is 713 g/mol. The Kier molecular flexibility index (Phi) is 12.0. The first kappa shape index (κ1) is 38.3. The van der Waals surface area contributed by atoms with Crippen LogP contribution in [-0.2, 0) is 14.3 Å². The summed E-state index contributed by atoms with van der Waals surface area (Å²) in [5.74, 6) is 5.69. The van der Waals surface area contributed by atoms with Crippen molar-refractivity contribution in [1.82, 2.24) is 0 Å². The van der Waals surface area contributed by atoms with Gasteiger partial charge in [0.15, 0.2) is 0 Å². The van der Waals surface area contributed by atoms with E-state index in [1.165, 1.54) is 76.3 Å². The zero-order valence-corrected chi connectivity index (χ0v) is 32.4. The lowest BCUT2D eigenvalue weighted by Crippen LogP contribution is -2.54. The number of nitrogens with two attached hydrogens (primary N) is 2. The second-order valence-electron chi connectivity index (χ2n) is 17.8. The van der Waals surface area contributed by atoms with Gasteiger partial charge in [-0.3, -0.25) is 0 Å². The van der Waals surface area contributed by atoms with Crippen molar-refractivity contribution in [2.24, 2.45) is 52.3 Å². The van der Waals surface area contributed by atoms with Crippen LogP contribution in [0.25, 0.3) is 6.08 Å². The Hall–Kier alpha value is -3.48. The highest BCUT2D eigenvalue weighted by Gasteiger charge is 2.60. The van der Waals surface area contributed by atoms with E-state index in [4.69, 9.17) is 25.7 Å². The number of carbonyl (C=O) groups excluding carboxylic acids is 2. The van der Waals surface area contributed by atoms with Crippen molar-refractivity contribution in [1.29, 1.82) is 0 Å². The summed E-state index contributed by atoms with van der Waals surface area (Å²) in [6.07, 6.45) is 19.0. The van der Waals surface area contributed by atoms with E-state index in [-0.39, 0.29) is 25.3 Å². The first-order chi connectivity index (χ1) is 24.9. The summed E-state index contributed by atoms with van der Waals surface area (Å²) >= 11 is 0. The maximum Gasteiger partial charge on any atom is 0.338 e. The molecule has 9 atom stereocenters. The minimum absolute atomic E-state index is 0.00432. The number of carbonyl (C=O) groups is 2. The minimum Gasteiger partial charge on any atom is -0.490 e. The van der Waals surface area contributed by atoms with Gasteiger partial charge in [-0.1, -0.05) is 66.0 Å². The van der Waals surface area contributed by atoms with E-state index in [0.717, 1.165) is 53.9 Å². The van der Waals surface area contributed by atoms with Crippen LogP contribution in [0.1, 0.15) is 128 Å². The predicted molar refractivity (Wildman–Crippen MR) is 209 cm³/mol. The summed E-state index contributed by atoms with van der Waals surface area (Å²) in [4.78, 5) is 25.2. The van der Waals surface area contributed by atoms with Crippen LogP contribution in [0.3, 0.4) is 0 Å². The Morgan fingerprint density at radius 2 is 1.56 bits per heavy atom. The lowest BCUT2D eigenvalue weighted by molar-refractivity contribution is -0.157. The van der Waals surface area contributed by atoms with Crippen LogP contribution in [0.15, 0.2) is 48.5 Å². The smallest absolute Gasteiger partial charge is 0.338 e. The fourth-order valence-electron chi connectivity index (χ4n) is 11.6. The highest BCUT2D eigenvalue weighted by molar-refractivity contribution is 5.91. The van der Waals surface area contributed by atoms with Crippen LogP contribution in [0.5, 0.6) is 5.75 Å². The van der Waals surface area contributed by atoms with Gasteiger partial charge in [0.25, 0.3) is 0 Å². The molecule has 4 N–H and O–H groups in total. The Labute approximate surface area is 312 Å². The maximum absolute atomic E-state index is 12.9. The number of rotatable bonds is 13. The summed E-state index contributed by atoms with van der Waals surface area (Å²) in [6.45, 7) is 12.9. The van der Waals surface area contributed by atoms with E-state index in [2.05, 4.69) is 34.6 Å². The number of benzene rings is 2. The molecule has 0 saturated heterocycles. The number of ether oxygens (including phenoxy) is 3. The van der Waals surface area contributed by atoms with E-state index in [1.54, 1.807) is 18.2 Å². The van der Waals surface area contributed by atoms with Gasteiger partial charge in [0.2, 0.25) is 0 Å². The van der Waals surface area contributed by atoms with Crippen molar-refractivity contribution in [3.63, 3.8) is 0 Å². The number of hydrogen-bond donors (Lipinski definition) is 2. The Morgan fingerprint density at radius 3 is 2.29 bits per heavy atom. The van der Waals surface area contributed by atoms with Gasteiger partial charge >= 0.3 is 11.9 Å². The van der Waals surface area contributed by atoms with E-state index in [0.29, 0.717) is 39.4 Å². The molecule has 7 nitrogen and oxygen atoms in total. The molecular formula is C45H64N2O5. The third-order valence-electron chi connectivity index (χ3n) is 14.2. The fourth-order valence-corrected chi connectivity index (χ4v) is 11.6. The molecule has 0 radical (unpaired) electrons. The number of nitrogen functional groups attached to an aromatic ring is 2. The molecule has 52 heavy (non-hydrogen) atoms. The normalized spacial score (nSPS) is 31.7. The van der Waals surface area contributed by atoms with Crippen LogP contribution in [0.4, 0.5) is 11.4 Å². The minimum atomic E-state index is -0.504. The lowest BCUT2D eigenvalue weighted by atomic mass is 9.44. The van der Waals surface area contributed by atoms with E-state index in [9.17, 15) is 9.59 Å². The molecular weight excluding hydrogens is 649 g/mol. The molecule has 7 heteroatoms. The van der Waals surface area contributed by atoms with Crippen molar-refractivity contribution in [2.45, 2.75) is 118 Å². The number of esters is 2. The van der Waals surface area contributed by atoms with Gasteiger partial charge in [0, 0.05) is 17.5 Å². The maximum atomic E-state index is 12.9. The summed E-state index contributed by atoms with van der Waals surface area (Å²) in [5.41, 5.74) is 14.4. The molecule has 4 saturated carbocycles. The van der Waals surface area contributed by atoms with Crippen LogP contribution < -0.4 is 16.2 Å². The fraction of sp³-hybridized carbons (Fsp3) is 0.644. The highest BCUT2D eigenvalue weighted by Crippen LogP contribution is 2.68. The van der Waals surface area contributed by atoms with Crippen LogP contribution >= 0.6 is 0 Å². The van der Waals surface area contributed by atoms with Crippen LogP contribution in [0, 0.1) is 52.3 Å². The average Bonchev–Trinajstić information content (AvgIpc) is 3.46. The summed E-state index contributed by atoms with van der Waals surface area (Å²) in [7, 11) is 0. The third-order valence-corrected chi connectivity index (χ3v) is 14.2. The molecule has 0 heterocycles. The van der Waals surface area contributed by atoms with Crippen LogP contribution in [0.2, 0.25) is 0 Å². The largest absolute Gasteiger partial charge is 0.490 e. The standard InChI is InChI=1S/C45H64N2O5/c1-29(2)7-6-8-30(3)39-16-17-40-38-15-12-33-27-37(19-21-44(33,4)41(38)20-22-45(39,40)5)52-42(48)18-11-31-9-13-36(14-10-31)50-23-24-51-43(49)32-25-34(46)28-35(47)26-32/h9-11,13-14,18,25-26,28-30,33,37-41H,6-8,12,15-17,19-24,27,46-47H2,1-5H3/t30-,33?,37?,38+,39-,40+,41+,44+,45-/m1/s1. The lowest BCUT2D eigenvalue weighted by Gasteiger charge is -2.61. The molecule has 4 aliphatic carbocycles. The van der Waals surface area contributed by atoms with Crippen molar-refractivity contribution >= 4 is 29.4 Å². The second kappa shape index (κ2) is 16.3. The zero-order chi connectivity index (χ0) is 37.0. The van der Waals surface area contributed by atoms with Crippen molar-refractivity contribution in [3.05, 3.63) is 59.7 Å². The topological polar surface area (TPSA) is 114 Å². The molecule has 4 aliphatic rings. The van der Waals surface area contributed by atoms with E-state index < -0.39 is 5.97 Å². The van der Waals surface area contributed by atoms with Crippen LogP contribution in [-0.4, -0.2) is 31.3 Å². The Balaban J connectivity index is 0.940. The number of fused-ring (bicyclic) bond motifs is 5. The highest BCUT2D eigenvalue weighted by atomic mass is 16.6. The first-order valence-electron chi connectivity index (χ1n) is 20.3. The first-order valence-corrected chi connectivity index (χ1v) is 20.3. The second-order valence-corrected chi connectivity index (χ2v) is 17.8. The molecule has 2 unspecified atom stereocenters. The molecule has 2 aromatic rings. The van der Waals surface area contributed by atoms with Gasteiger partial charge in [0.05, 0.1) is 5.56 Å². The van der Waals surface area contributed by atoms with Crippen molar-refractivity contribution in [3.8, 4) is 5.75 Å². The van der Waals surface area contributed by atoms with Gasteiger partial charge < -0.3 is 25.7 Å². The summed E-state index contributed by atoms with van der Waals surface area (Å²) in [6, 6.07) is 12.1. The molecule has 2 aromatic carbocycles. The van der Waals surface area contributed by atoms with Crippen molar-refractivity contribution in [2.75, 3.05) is 24.7 Å². The van der Waals surface area contributed by atoms with Gasteiger partial charge in [0.1, 0.15) is 25.1 Å². The zero-order valence-electron chi connectivity index (χ0n) is 32.4. The predicted octanol–water partition coefficient (Wildman–Crippen LogP) is 10.1. The SMILES string of the molecule is CC(C)CCC[C@@H](C)[C@H]1CC[C@H]2[C@@H]3CCC4CC(OC(=O)C=Cc5ccc(OCCOC(=O)c6cc(N)cc(N)c6)cc5)CC[C@]4(C)[C@H]3CC[C@]12C. The van der Waals surface area contributed by atoms with Crippen molar-refractivity contribution < 1.29 is 23.8 Å².